The van der Waals surface area contributed by atoms with Crippen molar-refractivity contribution in [1.82, 2.24) is 0 Å². The van der Waals surface area contributed by atoms with Crippen LogP contribution in [0.5, 0.6) is 0 Å². The molecule has 13 heavy (non-hydrogen) atoms. The monoisotopic (exact) mass is 212 g/mol. The Balaban J connectivity index is -0.000000135. The van der Waals surface area contributed by atoms with Crippen LogP contribution in [0, 0.1) is 0 Å². The van der Waals surface area contributed by atoms with Crippen molar-refractivity contribution >= 4 is 9.04 Å². The first-order chi connectivity index (χ1) is 4.77. The largest absolute Gasteiger partial charge is 0.435 e. The summed E-state index contributed by atoms with van der Waals surface area (Å²) >= 11 is 0. The summed E-state index contributed by atoms with van der Waals surface area (Å²) in [7, 11) is -1.36. The van der Waals surface area contributed by atoms with Gasteiger partial charge in [-0.1, -0.05) is 22.3 Å². The lowest BCUT2D eigenvalue weighted by Crippen LogP contribution is -2.07. The average molecular weight is 212 g/mol. The molecule has 0 radical (unpaired) electrons. The van der Waals surface area contributed by atoms with Gasteiger partial charge in [0.15, 0.2) is 9.04 Å². The van der Waals surface area contributed by atoms with E-state index in [1.807, 2.05) is 6.55 Å². The van der Waals surface area contributed by atoms with Crippen LogP contribution in [0.15, 0.2) is 0 Å². The molecule has 0 rings (SSSR count). The van der Waals surface area contributed by atoms with Gasteiger partial charge in [0.1, 0.15) is 0 Å². The molecule has 0 amide bonds. The Morgan fingerprint density at radius 2 is 1.69 bits per heavy atom. The summed E-state index contributed by atoms with van der Waals surface area (Å²) < 4.78 is 4.99. The van der Waals surface area contributed by atoms with E-state index in [1.165, 1.54) is 0 Å². The van der Waals surface area contributed by atoms with Crippen LogP contribution < -0.4 is 0 Å². The first-order valence-electron chi connectivity index (χ1n) is 3.64. The molecule has 0 saturated carbocycles. The van der Waals surface area contributed by atoms with Gasteiger partial charge in [0, 0.05) is 6.61 Å². The fourth-order valence-electron chi connectivity index (χ4n) is 0.647. The minimum atomic E-state index is -1.36. The Kier molecular flexibility index (Phi) is 32.1. The van der Waals surface area contributed by atoms with Crippen molar-refractivity contribution in [3.05, 3.63) is 0 Å². The lowest BCUT2D eigenvalue weighted by Gasteiger charge is -2.02. The maximum atomic E-state index is 8.94. The number of hydrogen-bond donors (Lipinski definition) is 2. The Bertz CT molecular complexity index is 69.9. The van der Waals surface area contributed by atoms with Crippen LogP contribution in [0.1, 0.15) is 28.7 Å². The van der Waals surface area contributed by atoms with E-state index in [0.29, 0.717) is 13.2 Å². The quantitative estimate of drug-likeness (QED) is 0.520. The van der Waals surface area contributed by atoms with Crippen LogP contribution in [-0.4, -0.2) is 38.8 Å². The molecule has 3 nitrogen and oxygen atoms in total. The van der Waals surface area contributed by atoms with Crippen molar-refractivity contribution < 1.29 is 14.6 Å². The van der Waals surface area contributed by atoms with E-state index in [-0.39, 0.29) is 28.9 Å². The lowest BCUT2D eigenvalue weighted by atomic mass is 10.5. The Morgan fingerprint density at radius 1 is 1.15 bits per heavy atom. The summed E-state index contributed by atoms with van der Waals surface area (Å²) in [5, 5.41) is 8.31. The number of aliphatic hydroxyl groups is 1. The first kappa shape index (κ1) is 23.2. The third-order valence-electron chi connectivity index (χ3n) is 1.15. The molecule has 1 atom stereocenters. The number of hydrogen-bond acceptors (Lipinski definition) is 3. The average Bonchev–Trinajstić information content (AvgIpc) is 1.87. The van der Waals surface area contributed by atoms with Crippen molar-refractivity contribution in [2.75, 3.05) is 19.8 Å². The highest BCUT2D eigenvalue weighted by Crippen LogP contribution is 1.94. The molecule has 0 aromatic rings. The van der Waals surface area contributed by atoms with Crippen LogP contribution in [-0.2, 0) is 4.74 Å². The second kappa shape index (κ2) is 18.0. The SMILES string of the molecule is C.C.C.C[SiH](O)CCCOCCO. The first-order valence-corrected chi connectivity index (χ1v) is 6.12. The van der Waals surface area contributed by atoms with Crippen LogP contribution in [0.2, 0.25) is 12.6 Å². The summed E-state index contributed by atoms with van der Waals surface area (Å²) in [5.74, 6) is 0. The van der Waals surface area contributed by atoms with E-state index >= 15 is 0 Å². The third kappa shape index (κ3) is 24.5. The molecule has 0 aromatic heterocycles. The third-order valence-corrected chi connectivity index (χ3v) is 2.39. The minimum Gasteiger partial charge on any atom is -0.435 e. The van der Waals surface area contributed by atoms with Gasteiger partial charge in [0.05, 0.1) is 13.2 Å². The van der Waals surface area contributed by atoms with Gasteiger partial charge in [-0.25, -0.2) is 0 Å². The second-order valence-corrected chi connectivity index (χ2v) is 4.60. The van der Waals surface area contributed by atoms with Gasteiger partial charge in [-0.05, 0) is 19.0 Å². The van der Waals surface area contributed by atoms with Gasteiger partial charge >= 0.3 is 0 Å². The zero-order chi connectivity index (χ0) is 7.82. The van der Waals surface area contributed by atoms with Crippen molar-refractivity contribution in [2.24, 2.45) is 0 Å². The van der Waals surface area contributed by atoms with Crippen molar-refractivity contribution in [2.45, 2.75) is 41.3 Å². The summed E-state index contributed by atoms with van der Waals surface area (Å²) in [4.78, 5) is 8.94. The molecule has 0 spiro atoms. The molecular weight excluding hydrogens is 184 g/mol. The molecule has 0 heterocycles. The van der Waals surface area contributed by atoms with Crippen molar-refractivity contribution in [3.63, 3.8) is 0 Å². The summed E-state index contributed by atoms with van der Waals surface area (Å²) in [6.07, 6.45) is 0.921. The molecule has 0 bridgehead atoms. The fourth-order valence-corrected chi connectivity index (χ4v) is 1.40. The van der Waals surface area contributed by atoms with Crippen LogP contribution in [0.3, 0.4) is 0 Å². The van der Waals surface area contributed by atoms with Gasteiger partial charge in [-0.3, -0.25) is 0 Å². The maximum absolute atomic E-state index is 8.94. The zero-order valence-corrected chi connectivity index (χ0v) is 7.57. The molecular formula is C9H28O3Si. The molecule has 4 heteroatoms. The van der Waals surface area contributed by atoms with E-state index in [4.69, 9.17) is 14.6 Å². The summed E-state index contributed by atoms with van der Waals surface area (Å²) in [6.45, 7) is 3.07. The molecule has 0 fully saturated rings. The maximum Gasteiger partial charge on any atom is 0.169 e. The van der Waals surface area contributed by atoms with E-state index in [0.717, 1.165) is 12.5 Å². The van der Waals surface area contributed by atoms with Gasteiger partial charge in [0.25, 0.3) is 0 Å². The standard InChI is InChI=1S/C6H16O3Si.3CH4/c1-10(8)6-2-4-9-5-3-7;;;/h7-8,10H,2-6H2,1H3;3*1H4. The van der Waals surface area contributed by atoms with Crippen molar-refractivity contribution in [3.8, 4) is 0 Å². The summed E-state index contributed by atoms with van der Waals surface area (Å²) in [6, 6.07) is 0.908. The molecule has 1 unspecified atom stereocenters. The van der Waals surface area contributed by atoms with Gasteiger partial charge < -0.3 is 14.6 Å². The highest BCUT2D eigenvalue weighted by molar-refractivity contribution is 6.48. The van der Waals surface area contributed by atoms with Gasteiger partial charge in [0.2, 0.25) is 0 Å². The van der Waals surface area contributed by atoms with E-state index in [2.05, 4.69) is 0 Å². The van der Waals surface area contributed by atoms with Gasteiger partial charge in [-0.15, -0.1) is 0 Å². The smallest absolute Gasteiger partial charge is 0.169 e. The molecule has 0 aromatic carbocycles. The number of aliphatic hydroxyl groups excluding tert-OH is 1. The molecule has 0 aliphatic rings. The minimum absolute atomic E-state index is 0. The number of rotatable bonds is 6. The molecule has 86 valence electrons. The second-order valence-electron chi connectivity index (χ2n) is 2.33. The fraction of sp³-hybridized carbons (Fsp3) is 1.00. The molecule has 2 N–H and O–H groups in total. The number of ether oxygens (including phenoxy) is 1. The zero-order valence-electron chi connectivity index (χ0n) is 6.42. The topological polar surface area (TPSA) is 49.7 Å². The van der Waals surface area contributed by atoms with Crippen LogP contribution in [0.4, 0.5) is 0 Å². The molecule has 0 aliphatic heterocycles. The van der Waals surface area contributed by atoms with Crippen molar-refractivity contribution in [1.29, 1.82) is 0 Å². The normalized spacial score (nSPS) is 10.4. The van der Waals surface area contributed by atoms with E-state index in [1.54, 1.807) is 0 Å². The Hall–Kier alpha value is 0.0969. The van der Waals surface area contributed by atoms with E-state index < -0.39 is 9.04 Å². The molecule has 0 saturated heterocycles. The Morgan fingerprint density at radius 3 is 2.08 bits per heavy atom. The predicted molar refractivity (Wildman–Crippen MR) is 62.8 cm³/mol. The van der Waals surface area contributed by atoms with Crippen LogP contribution >= 0.6 is 0 Å². The van der Waals surface area contributed by atoms with E-state index in [9.17, 15) is 0 Å². The molecule has 0 aliphatic carbocycles. The van der Waals surface area contributed by atoms with Crippen LogP contribution in [0.25, 0.3) is 0 Å². The predicted octanol–water partition coefficient (Wildman–Crippen LogP) is 1.64. The highest BCUT2D eigenvalue weighted by Gasteiger charge is 1.96. The highest BCUT2D eigenvalue weighted by atomic mass is 28.3. The van der Waals surface area contributed by atoms with Gasteiger partial charge in [-0.2, -0.15) is 0 Å². The Labute approximate surface area is 85.5 Å². The summed E-state index contributed by atoms with van der Waals surface area (Å²) in [5.41, 5.74) is 0. The lowest BCUT2D eigenvalue weighted by molar-refractivity contribution is 0.0925.